The Balaban J connectivity index is 1.82. The van der Waals surface area contributed by atoms with Crippen LogP contribution in [0.15, 0.2) is 65.9 Å². The highest BCUT2D eigenvalue weighted by atomic mass is 16.5. The summed E-state index contributed by atoms with van der Waals surface area (Å²) in [4.78, 5) is 40.2. The summed E-state index contributed by atoms with van der Waals surface area (Å²) in [6, 6.07) is 16.2. The van der Waals surface area contributed by atoms with Crippen molar-refractivity contribution in [1.29, 1.82) is 0 Å². The molecule has 3 rings (SSSR count). The number of carbonyl (C=O) groups is 3. The van der Waals surface area contributed by atoms with Crippen molar-refractivity contribution >= 4 is 23.6 Å². The van der Waals surface area contributed by atoms with Crippen molar-refractivity contribution in [3.63, 3.8) is 0 Å². The number of rotatable bonds is 10. The minimum absolute atomic E-state index is 0.101. The second-order valence-electron chi connectivity index (χ2n) is 9.00. The highest BCUT2D eigenvalue weighted by Gasteiger charge is 2.36. The van der Waals surface area contributed by atoms with Gasteiger partial charge in [0.15, 0.2) is 0 Å². The number of hydrogen-bond donors (Lipinski definition) is 2. The van der Waals surface area contributed by atoms with Gasteiger partial charge in [-0.15, -0.1) is 0 Å². The molecule has 1 aliphatic heterocycles. The van der Waals surface area contributed by atoms with Crippen LogP contribution >= 0.6 is 0 Å². The van der Waals surface area contributed by atoms with Crippen molar-refractivity contribution in [3.05, 3.63) is 77.0 Å². The third-order valence-corrected chi connectivity index (χ3v) is 5.88. The van der Waals surface area contributed by atoms with Crippen LogP contribution in [0.4, 0.5) is 10.5 Å². The number of nitrogens with one attached hydrogen (secondary N) is 2. The van der Waals surface area contributed by atoms with Gasteiger partial charge in [-0.3, -0.25) is 9.69 Å². The standard InChI is InChI=1S/C28H35N3O4/c1-5-6-17-31-20(4)25(27(33)35-19(2)3)26(30-28(31)34)22-13-10-14-23(18-22)29-24(32)16-15-21-11-8-7-9-12-21/h7-14,18-19,26H,5-6,15-17H2,1-4H3,(H,29,32)(H,30,34). The molecule has 1 atom stereocenters. The number of ether oxygens (including phenoxy) is 1. The van der Waals surface area contributed by atoms with E-state index in [1.54, 1.807) is 43.9 Å². The molecule has 35 heavy (non-hydrogen) atoms. The van der Waals surface area contributed by atoms with Crippen LogP contribution in [-0.2, 0) is 20.7 Å². The van der Waals surface area contributed by atoms with Crippen molar-refractivity contribution in [3.8, 4) is 0 Å². The minimum atomic E-state index is -0.673. The van der Waals surface area contributed by atoms with Gasteiger partial charge >= 0.3 is 12.0 Å². The number of unbranched alkanes of at least 4 members (excludes halogenated alkanes) is 1. The zero-order chi connectivity index (χ0) is 25.4. The maximum absolute atomic E-state index is 13.1. The zero-order valence-corrected chi connectivity index (χ0v) is 21.0. The maximum atomic E-state index is 13.1. The second-order valence-corrected chi connectivity index (χ2v) is 9.00. The average molecular weight is 478 g/mol. The lowest BCUT2D eigenvalue weighted by molar-refractivity contribution is -0.143. The molecule has 0 saturated carbocycles. The van der Waals surface area contributed by atoms with E-state index < -0.39 is 12.0 Å². The molecule has 0 bridgehead atoms. The maximum Gasteiger partial charge on any atom is 0.338 e. The van der Waals surface area contributed by atoms with E-state index in [9.17, 15) is 14.4 Å². The first-order chi connectivity index (χ1) is 16.8. The van der Waals surface area contributed by atoms with Gasteiger partial charge in [0.05, 0.1) is 17.7 Å². The summed E-state index contributed by atoms with van der Waals surface area (Å²) in [6.45, 7) is 7.96. The Kier molecular flexibility index (Phi) is 9.06. The van der Waals surface area contributed by atoms with E-state index >= 15 is 0 Å². The molecule has 0 aromatic heterocycles. The SMILES string of the molecule is CCCCN1C(=O)NC(c2cccc(NC(=O)CCc3ccccc3)c2)C(C(=O)OC(C)C)=C1C. The van der Waals surface area contributed by atoms with Crippen LogP contribution in [0.5, 0.6) is 0 Å². The number of nitrogens with zero attached hydrogens (tertiary/aromatic N) is 1. The van der Waals surface area contributed by atoms with Gasteiger partial charge in [-0.1, -0.05) is 55.8 Å². The van der Waals surface area contributed by atoms with Crippen molar-refractivity contribution in [2.24, 2.45) is 0 Å². The van der Waals surface area contributed by atoms with E-state index in [4.69, 9.17) is 4.74 Å². The lowest BCUT2D eigenvalue weighted by atomic mass is 9.94. The van der Waals surface area contributed by atoms with Crippen molar-refractivity contribution < 1.29 is 19.1 Å². The van der Waals surface area contributed by atoms with Crippen molar-refractivity contribution in [2.45, 2.75) is 65.5 Å². The molecule has 1 aliphatic rings. The minimum Gasteiger partial charge on any atom is -0.459 e. The van der Waals surface area contributed by atoms with Crippen LogP contribution in [-0.4, -0.2) is 35.5 Å². The first kappa shape index (κ1) is 26.0. The normalized spacial score (nSPS) is 15.7. The Morgan fingerprint density at radius 3 is 2.54 bits per heavy atom. The topological polar surface area (TPSA) is 87.7 Å². The Hall–Kier alpha value is -3.61. The third-order valence-electron chi connectivity index (χ3n) is 5.88. The summed E-state index contributed by atoms with van der Waals surface area (Å²) >= 11 is 0. The molecule has 1 unspecified atom stereocenters. The van der Waals surface area contributed by atoms with Gasteiger partial charge in [0.25, 0.3) is 0 Å². The molecule has 0 saturated heterocycles. The first-order valence-electron chi connectivity index (χ1n) is 12.2. The molecule has 2 aromatic rings. The van der Waals surface area contributed by atoms with Crippen molar-refractivity contribution in [2.75, 3.05) is 11.9 Å². The van der Waals surface area contributed by atoms with Gasteiger partial charge in [-0.2, -0.15) is 0 Å². The molecule has 3 amide bonds. The Morgan fingerprint density at radius 2 is 1.86 bits per heavy atom. The summed E-state index contributed by atoms with van der Waals surface area (Å²) in [5.74, 6) is -0.558. The molecule has 0 aliphatic carbocycles. The number of anilines is 1. The Labute approximate surface area is 207 Å². The molecule has 2 aromatic carbocycles. The van der Waals surface area contributed by atoms with Crippen molar-refractivity contribution in [1.82, 2.24) is 10.2 Å². The number of urea groups is 1. The summed E-state index contributed by atoms with van der Waals surface area (Å²) < 4.78 is 5.52. The van der Waals surface area contributed by atoms with Gasteiger partial charge in [-0.05, 0) is 56.9 Å². The average Bonchev–Trinajstić information content (AvgIpc) is 2.82. The molecule has 2 N–H and O–H groups in total. The van der Waals surface area contributed by atoms with Crippen LogP contribution < -0.4 is 10.6 Å². The number of carbonyl (C=O) groups excluding carboxylic acids is 3. The largest absolute Gasteiger partial charge is 0.459 e. The predicted molar refractivity (Wildman–Crippen MR) is 137 cm³/mol. The zero-order valence-electron chi connectivity index (χ0n) is 21.0. The van der Waals surface area contributed by atoms with Crippen LogP contribution in [0.3, 0.4) is 0 Å². The van der Waals surface area contributed by atoms with E-state index in [1.807, 2.05) is 36.4 Å². The molecule has 7 heteroatoms. The molecule has 7 nitrogen and oxygen atoms in total. The monoisotopic (exact) mass is 477 g/mol. The predicted octanol–water partition coefficient (Wildman–Crippen LogP) is 5.35. The van der Waals surface area contributed by atoms with Crippen LogP contribution in [0.1, 0.15) is 64.1 Å². The number of benzene rings is 2. The molecule has 0 fully saturated rings. The highest BCUT2D eigenvalue weighted by Crippen LogP contribution is 2.33. The number of hydrogen-bond acceptors (Lipinski definition) is 4. The third kappa shape index (κ3) is 6.94. The van der Waals surface area contributed by atoms with Crippen LogP contribution in [0, 0.1) is 0 Å². The summed E-state index contributed by atoms with van der Waals surface area (Å²) in [6.07, 6.45) is 2.46. The smallest absolute Gasteiger partial charge is 0.338 e. The molecule has 0 radical (unpaired) electrons. The van der Waals surface area contributed by atoms with Gasteiger partial charge in [0, 0.05) is 24.4 Å². The van der Waals surface area contributed by atoms with Crippen LogP contribution in [0.25, 0.3) is 0 Å². The molecule has 0 spiro atoms. The number of aryl methyl sites for hydroxylation is 1. The highest BCUT2D eigenvalue weighted by molar-refractivity contribution is 5.95. The quantitative estimate of drug-likeness (QED) is 0.452. The molecular formula is C28H35N3O4. The van der Waals surface area contributed by atoms with E-state index in [1.165, 1.54) is 0 Å². The number of allylic oxidation sites excluding steroid dienone is 1. The Bertz CT molecular complexity index is 1080. The summed E-state index contributed by atoms with van der Waals surface area (Å²) in [5.41, 5.74) is 3.40. The summed E-state index contributed by atoms with van der Waals surface area (Å²) in [7, 11) is 0. The Morgan fingerprint density at radius 1 is 1.11 bits per heavy atom. The lowest BCUT2D eigenvalue weighted by Crippen LogP contribution is -2.48. The van der Waals surface area contributed by atoms with E-state index in [2.05, 4.69) is 17.6 Å². The number of esters is 1. The van der Waals surface area contributed by atoms with Gasteiger partial charge in [0.2, 0.25) is 5.91 Å². The fourth-order valence-corrected chi connectivity index (χ4v) is 4.08. The van der Waals surface area contributed by atoms with Crippen LogP contribution in [0.2, 0.25) is 0 Å². The molecular weight excluding hydrogens is 442 g/mol. The van der Waals surface area contributed by atoms with Gasteiger partial charge in [-0.25, -0.2) is 9.59 Å². The fraction of sp³-hybridized carbons (Fsp3) is 0.393. The first-order valence-corrected chi connectivity index (χ1v) is 12.2. The van der Waals surface area contributed by atoms with E-state index in [0.29, 0.717) is 41.9 Å². The van der Waals surface area contributed by atoms with E-state index in [-0.39, 0.29) is 18.0 Å². The lowest BCUT2D eigenvalue weighted by Gasteiger charge is -2.35. The second kappa shape index (κ2) is 12.2. The molecule has 1 heterocycles. The summed E-state index contributed by atoms with van der Waals surface area (Å²) in [5, 5.41) is 5.90. The molecule has 186 valence electrons. The van der Waals surface area contributed by atoms with Gasteiger partial charge in [0.1, 0.15) is 0 Å². The number of amides is 3. The fourth-order valence-electron chi connectivity index (χ4n) is 4.08. The van der Waals surface area contributed by atoms with E-state index in [0.717, 1.165) is 18.4 Å². The van der Waals surface area contributed by atoms with Gasteiger partial charge < -0.3 is 15.4 Å².